The second kappa shape index (κ2) is 8.08. The summed E-state index contributed by atoms with van der Waals surface area (Å²) in [6.45, 7) is 8.45. The average Bonchev–Trinajstić information content (AvgIpc) is 2.68. The molecule has 0 spiro atoms. The van der Waals surface area contributed by atoms with Gasteiger partial charge in [-0.05, 0) is 51.1 Å². The summed E-state index contributed by atoms with van der Waals surface area (Å²) >= 11 is 0. The van der Waals surface area contributed by atoms with E-state index in [2.05, 4.69) is 18.7 Å². The summed E-state index contributed by atoms with van der Waals surface area (Å²) in [5, 5.41) is 0. The number of hydrogen-bond donors (Lipinski definition) is 1. The molecule has 0 saturated heterocycles. The molecule has 0 radical (unpaired) electrons. The van der Waals surface area contributed by atoms with Crippen LogP contribution >= 0.6 is 0 Å². The third-order valence-corrected chi connectivity index (χ3v) is 3.75. The number of rotatable bonds is 8. The van der Waals surface area contributed by atoms with Crippen LogP contribution in [0.1, 0.15) is 58.8 Å². The zero-order valence-corrected chi connectivity index (χ0v) is 11.3. The number of unbranched alkanes of at least 4 members (excludes halogenated alkanes) is 2. The van der Waals surface area contributed by atoms with E-state index in [9.17, 15) is 0 Å². The highest BCUT2D eigenvalue weighted by Crippen LogP contribution is 2.25. The minimum Gasteiger partial charge on any atom is -0.328 e. The van der Waals surface area contributed by atoms with Gasteiger partial charge in [-0.15, -0.1) is 0 Å². The van der Waals surface area contributed by atoms with Gasteiger partial charge in [0.15, 0.2) is 0 Å². The summed E-state index contributed by atoms with van der Waals surface area (Å²) < 4.78 is 0. The van der Waals surface area contributed by atoms with Crippen LogP contribution in [-0.2, 0) is 0 Å². The predicted octanol–water partition coefficient (Wildman–Crippen LogP) is 3.02. The van der Waals surface area contributed by atoms with Gasteiger partial charge >= 0.3 is 0 Å². The maximum absolute atomic E-state index is 5.98. The molecule has 96 valence electrons. The van der Waals surface area contributed by atoms with Gasteiger partial charge in [0.05, 0.1) is 0 Å². The first-order valence-corrected chi connectivity index (χ1v) is 7.24. The first kappa shape index (κ1) is 14.0. The Balaban J connectivity index is 2.24. The average molecular weight is 226 g/mol. The van der Waals surface area contributed by atoms with Crippen LogP contribution in [0.15, 0.2) is 0 Å². The summed E-state index contributed by atoms with van der Waals surface area (Å²) in [5.74, 6) is 0.878. The first-order chi connectivity index (χ1) is 7.76. The third kappa shape index (κ3) is 5.31. The normalized spacial score (nSPS) is 25.5. The van der Waals surface area contributed by atoms with Gasteiger partial charge in [-0.25, -0.2) is 0 Å². The molecule has 0 aliphatic heterocycles. The molecule has 0 bridgehead atoms. The molecule has 1 rings (SSSR count). The fourth-order valence-corrected chi connectivity index (χ4v) is 2.70. The van der Waals surface area contributed by atoms with Crippen LogP contribution in [0.3, 0.4) is 0 Å². The molecule has 1 saturated carbocycles. The molecule has 0 heterocycles. The van der Waals surface area contributed by atoms with Crippen LogP contribution in [0.2, 0.25) is 0 Å². The van der Waals surface area contributed by atoms with E-state index in [0.29, 0.717) is 6.04 Å². The molecule has 2 nitrogen and oxygen atoms in total. The standard InChI is InChI=1S/C14H30N2/c1-3-5-9-16(10-6-4-2)12-13-7-8-14(15)11-13/h13-14H,3-12,15H2,1-2H3. The molecule has 1 aliphatic carbocycles. The highest BCUT2D eigenvalue weighted by molar-refractivity contribution is 4.80. The molecule has 0 aromatic rings. The largest absolute Gasteiger partial charge is 0.328 e. The van der Waals surface area contributed by atoms with Crippen molar-refractivity contribution in [2.24, 2.45) is 11.7 Å². The van der Waals surface area contributed by atoms with Gasteiger partial charge in [-0.1, -0.05) is 26.7 Å². The van der Waals surface area contributed by atoms with E-state index in [1.807, 2.05) is 0 Å². The van der Waals surface area contributed by atoms with E-state index in [1.54, 1.807) is 0 Å². The van der Waals surface area contributed by atoms with Crippen LogP contribution in [0.5, 0.6) is 0 Å². The summed E-state index contributed by atoms with van der Waals surface area (Å²) in [4.78, 5) is 2.68. The Kier molecular flexibility index (Phi) is 7.06. The van der Waals surface area contributed by atoms with Gasteiger partial charge in [0.1, 0.15) is 0 Å². The van der Waals surface area contributed by atoms with E-state index in [-0.39, 0.29) is 0 Å². The highest BCUT2D eigenvalue weighted by atomic mass is 15.1. The lowest BCUT2D eigenvalue weighted by Gasteiger charge is -2.25. The molecule has 2 atom stereocenters. The summed E-state index contributed by atoms with van der Waals surface area (Å²) in [6.07, 6.45) is 9.19. The van der Waals surface area contributed by atoms with Crippen LogP contribution in [0.4, 0.5) is 0 Å². The molecule has 2 unspecified atom stereocenters. The first-order valence-electron chi connectivity index (χ1n) is 7.24. The van der Waals surface area contributed by atoms with Crippen molar-refractivity contribution in [2.45, 2.75) is 64.8 Å². The van der Waals surface area contributed by atoms with Gasteiger partial charge in [0.25, 0.3) is 0 Å². The highest BCUT2D eigenvalue weighted by Gasteiger charge is 2.23. The van der Waals surface area contributed by atoms with Gasteiger partial charge in [0, 0.05) is 12.6 Å². The van der Waals surface area contributed by atoms with Gasteiger partial charge in [0.2, 0.25) is 0 Å². The number of hydrogen-bond acceptors (Lipinski definition) is 2. The van der Waals surface area contributed by atoms with Crippen molar-refractivity contribution in [1.82, 2.24) is 4.90 Å². The van der Waals surface area contributed by atoms with Crippen molar-refractivity contribution in [3.63, 3.8) is 0 Å². The Bertz CT molecular complexity index is 162. The number of nitrogens with zero attached hydrogens (tertiary/aromatic N) is 1. The molecule has 16 heavy (non-hydrogen) atoms. The minimum atomic E-state index is 0.490. The van der Waals surface area contributed by atoms with Gasteiger partial charge in [-0.3, -0.25) is 0 Å². The maximum atomic E-state index is 5.98. The lowest BCUT2D eigenvalue weighted by molar-refractivity contribution is 0.224. The van der Waals surface area contributed by atoms with Crippen LogP contribution in [-0.4, -0.2) is 30.6 Å². The van der Waals surface area contributed by atoms with Crippen molar-refractivity contribution >= 4 is 0 Å². The van der Waals surface area contributed by atoms with Gasteiger partial charge < -0.3 is 10.6 Å². The molecule has 2 heteroatoms. The fourth-order valence-electron chi connectivity index (χ4n) is 2.70. The van der Waals surface area contributed by atoms with Gasteiger partial charge in [-0.2, -0.15) is 0 Å². The number of nitrogens with two attached hydrogens (primary N) is 1. The van der Waals surface area contributed by atoms with E-state index >= 15 is 0 Å². The van der Waals surface area contributed by atoms with Crippen LogP contribution < -0.4 is 5.73 Å². The van der Waals surface area contributed by atoms with E-state index in [4.69, 9.17) is 5.73 Å². The van der Waals surface area contributed by atoms with E-state index in [0.717, 1.165) is 5.92 Å². The Hall–Kier alpha value is -0.0800. The SMILES string of the molecule is CCCCN(CCCC)CC1CCC(N)C1. The fraction of sp³-hybridized carbons (Fsp3) is 1.00. The van der Waals surface area contributed by atoms with E-state index < -0.39 is 0 Å². The second-order valence-electron chi connectivity index (χ2n) is 5.45. The van der Waals surface area contributed by atoms with Crippen LogP contribution in [0, 0.1) is 5.92 Å². The molecule has 2 N–H and O–H groups in total. The third-order valence-electron chi connectivity index (χ3n) is 3.75. The quantitative estimate of drug-likeness (QED) is 0.689. The second-order valence-corrected chi connectivity index (χ2v) is 5.45. The Labute approximate surface area is 102 Å². The summed E-state index contributed by atoms with van der Waals surface area (Å²) in [7, 11) is 0. The zero-order valence-electron chi connectivity index (χ0n) is 11.3. The van der Waals surface area contributed by atoms with Crippen molar-refractivity contribution < 1.29 is 0 Å². The molecule has 0 amide bonds. The Morgan fingerprint density at radius 1 is 1.06 bits per heavy atom. The lowest BCUT2D eigenvalue weighted by atomic mass is 10.1. The zero-order chi connectivity index (χ0) is 11.8. The van der Waals surface area contributed by atoms with Crippen molar-refractivity contribution in [2.75, 3.05) is 19.6 Å². The summed E-state index contributed by atoms with van der Waals surface area (Å²) in [5.41, 5.74) is 5.98. The molecule has 1 aliphatic rings. The molecular weight excluding hydrogens is 196 g/mol. The maximum Gasteiger partial charge on any atom is 0.00420 e. The van der Waals surface area contributed by atoms with Crippen LogP contribution in [0.25, 0.3) is 0 Å². The van der Waals surface area contributed by atoms with Crippen molar-refractivity contribution in [1.29, 1.82) is 0 Å². The minimum absolute atomic E-state index is 0.490. The molecular formula is C14H30N2. The Morgan fingerprint density at radius 2 is 1.69 bits per heavy atom. The molecule has 1 fully saturated rings. The van der Waals surface area contributed by atoms with Crippen molar-refractivity contribution in [3.05, 3.63) is 0 Å². The Morgan fingerprint density at radius 3 is 2.12 bits per heavy atom. The summed E-state index contributed by atoms with van der Waals surface area (Å²) in [6, 6.07) is 0.490. The van der Waals surface area contributed by atoms with Crippen molar-refractivity contribution in [3.8, 4) is 0 Å². The van der Waals surface area contributed by atoms with E-state index in [1.165, 1.54) is 64.6 Å². The topological polar surface area (TPSA) is 29.3 Å². The molecule has 0 aromatic heterocycles. The molecule has 0 aromatic carbocycles. The predicted molar refractivity (Wildman–Crippen MR) is 71.6 cm³/mol. The monoisotopic (exact) mass is 226 g/mol. The smallest absolute Gasteiger partial charge is 0.00420 e. The lowest BCUT2D eigenvalue weighted by Crippen LogP contribution is -2.31.